The van der Waals surface area contributed by atoms with Crippen molar-refractivity contribution >= 4 is 27.5 Å². The lowest BCUT2D eigenvalue weighted by molar-refractivity contribution is -0.136. The van der Waals surface area contributed by atoms with Crippen LogP contribution in [-0.2, 0) is 29.0 Å². The van der Waals surface area contributed by atoms with Gasteiger partial charge in [-0.25, -0.2) is 4.98 Å². The van der Waals surface area contributed by atoms with Crippen LogP contribution in [0.1, 0.15) is 16.0 Å². The lowest BCUT2D eigenvalue weighted by Crippen LogP contribution is -2.37. The van der Waals surface area contributed by atoms with E-state index in [1.165, 1.54) is 24.0 Å². The lowest BCUT2D eigenvalue weighted by Gasteiger charge is -2.26. The van der Waals surface area contributed by atoms with Gasteiger partial charge < -0.3 is 9.64 Å². The van der Waals surface area contributed by atoms with Crippen LogP contribution in [0.2, 0.25) is 0 Å². The maximum absolute atomic E-state index is 13.3. The Morgan fingerprint density at radius 1 is 1.09 bits per heavy atom. The van der Waals surface area contributed by atoms with Crippen LogP contribution in [0.5, 0.6) is 0 Å². The Labute approximate surface area is 189 Å². The number of rotatable bonds is 5. The Balaban J connectivity index is 1.41. The van der Waals surface area contributed by atoms with Crippen molar-refractivity contribution in [3.63, 3.8) is 0 Å². The minimum Gasteiger partial charge on any atom is -0.375 e. The van der Waals surface area contributed by atoms with Gasteiger partial charge in [-0.3, -0.25) is 14.2 Å². The average Bonchev–Trinajstić information content (AvgIpc) is 3.20. The number of hydrogen-bond acceptors (Lipinski definition) is 5. The van der Waals surface area contributed by atoms with E-state index in [4.69, 9.17) is 4.74 Å². The van der Waals surface area contributed by atoms with Crippen molar-refractivity contribution in [3.8, 4) is 11.1 Å². The van der Waals surface area contributed by atoms with Gasteiger partial charge in [0.1, 0.15) is 11.4 Å². The number of carbonyl (C=O) groups excluding carboxylic acids is 1. The van der Waals surface area contributed by atoms with Crippen LogP contribution in [-0.4, -0.2) is 40.6 Å². The molecule has 0 aliphatic carbocycles. The molecule has 1 amide bonds. The molecule has 162 valence electrons. The SMILES string of the molecule is COCC(=O)N1CCc2c(sc3ncn(Cc4ccc(-c5ccccc5)cc4)c(=O)c23)C1. The van der Waals surface area contributed by atoms with Crippen LogP contribution < -0.4 is 5.56 Å². The Bertz CT molecular complexity index is 1330. The zero-order valence-electron chi connectivity index (χ0n) is 17.8. The van der Waals surface area contributed by atoms with Crippen LogP contribution in [0.4, 0.5) is 0 Å². The summed E-state index contributed by atoms with van der Waals surface area (Å²) in [4.78, 5) is 33.6. The molecule has 1 aliphatic heterocycles. The highest BCUT2D eigenvalue weighted by Gasteiger charge is 2.26. The highest BCUT2D eigenvalue weighted by molar-refractivity contribution is 7.18. The first kappa shape index (κ1) is 20.6. The highest BCUT2D eigenvalue weighted by atomic mass is 32.1. The van der Waals surface area contributed by atoms with Crippen molar-refractivity contribution in [1.82, 2.24) is 14.5 Å². The Kier molecular flexibility index (Phi) is 5.59. The molecule has 0 N–H and O–H groups in total. The van der Waals surface area contributed by atoms with E-state index in [0.717, 1.165) is 26.4 Å². The van der Waals surface area contributed by atoms with Gasteiger partial charge in [-0.1, -0.05) is 54.6 Å². The second-order valence-corrected chi connectivity index (χ2v) is 9.01. The van der Waals surface area contributed by atoms with Crippen molar-refractivity contribution in [2.45, 2.75) is 19.5 Å². The summed E-state index contributed by atoms with van der Waals surface area (Å²) in [6, 6.07) is 18.5. The standard InChI is InChI=1S/C25H23N3O3S/c1-31-15-22(29)27-12-11-20-21(14-27)32-24-23(20)25(30)28(16-26-24)13-17-7-9-19(10-8-17)18-5-3-2-4-6-18/h2-10,16H,11-15H2,1H3. The maximum atomic E-state index is 13.3. The number of fused-ring (bicyclic) bond motifs is 3. The molecule has 2 aromatic carbocycles. The number of aromatic nitrogens is 2. The fourth-order valence-electron chi connectivity index (χ4n) is 4.19. The monoisotopic (exact) mass is 445 g/mol. The number of nitrogens with zero attached hydrogens (tertiary/aromatic N) is 3. The second kappa shape index (κ2) is 8.68. The number of ether oxygens (including phenoxy) is 1. The zero-order chi connectivity index (χ0) is 22.1. The highest BCUT2D eigenvalue weighted by Crippen LogP contribution is 2.32. The number of benzene rings is 2. The summed E-state index contributed by atoms with van der Waals surface area (Å²) in [6.07, 6.45) is 2.29. The van der Waals surface area contributed by atoms with Crippen molar-refractivity contribution in [3.05, 3.63) is 87.3 Å². The van der Waals surface area contributed by atoms with Gasteiger partial charge in [0.15, 0.2) is 0 Å². The Hall–Kier alpha value is -3.29. The van der Waals surface area contributed by atoms with Gasteiger partial charge in [0.05, 0.1) is 24.8 Å². The predicted molar refractivity (Wildman–Crippen MR) is 126 cm³/mol. The fourth-order valence-corrected chi connectivity index (χ4v) is 5.38. The number of thiophene rings is 1. The molecule has 0 atom stereocenters. The summed E-state index contributed by atoms with van der Waals surface area (Å²) in [5.74, 6) is -0.0278. The minimum atomic E-state index is -0.0278. The molecule has 0 bridgehead atoms. The number of hydrogen-bond donors (Lipinski definition) is 0. The molecule has 0 unspecified atom stereocenters. The van der Waals surface area contributed by atoms with Gasteiger partial charge in [-0.15, -0.1) is 11.3 Å². The van der Waals surface area contributed by atoms with Crippen molar-refractivity contribution in [2.75, 3.05) is 20.3 Å². The Morgan fingerprint density at radius 2 is 1.84 bits per heavy atom. The van der Waals surface area contributed by atoms with Crippen LogP contribution in [0.25, 0.3) is 21.3 Å². The average molecular weight is 446 g/mol. The van der Waals surface area contributed by atoms with Crippen LogP contribution in [0.3, 0.4) is 0 Å². The molecule has 0 saturated heterocycles. The van der Waals surface area contributed by atoms with E-state index in [1.54, 1.807) is 15.8 Å². The molecule has 32 heavy (non-hydrogen) atoms. The summed E-state index contributed by atoms with van der Waals surface area (Å²) in [7, 11) is 1.52. The third kappa shape index (κ3) is 3.85. The van der Waals surface area contributed by atoms with Crippen molar-refractivity contribution in [1.29, 1.82) is 0 Å². The van der Waals surface area contributed by atoms with Crippen molar-refractivity contribution < 1.29 is 9.53 Å². The van der Waals surface area contributed by atoms with Gasteiger partial charge in [0, 0.05) is 18.5 Å². The van der Waals surface area contributed by atoms with Crippen LogP contribution >= 0.6 is 11.3 Å². The summed E-state index contributed by atoms with van der Waals surface area (Å²) in [5, 5.41) is 0.701. The lowest BCUT2D eigenvalue weighted by atomic mass is 10.0. The summed E-state index contributed by atoms with van der Waals surface area (Å²) in [6.45, 7) is 1.66. The topological polar surface area (TPSA) is 64.4 Å². The Morgan fingerprint density at radius 3 is 2.59 bits per heavy atom. The third-order valence-corrected chi connectivity index (χ3v) is 6.99. The molecule has 0 spiro atoms. The second-order valence-electron chi connectivity index (χ2n) is 7.92. The van der Waals surface area contributed by atoms with Gasteiger partial charge >= 0.3 is 0 Å². The fraction of sp³-hybridized carbons (Fsp3) is 0.240. The maximum Gasteiger partial charge on any atom is 0.262 e. The normalized spacial score (nSPS) is 13.3. The van der Waals surface area contributed by atoms with E-state index in [0.29, 0.717) is 31.4 Å². The molecule has 2 aromatic heterocycles. The molecule has 7 heteroatoms. The van der Waals surface area contributed by atoms with E-state index >= 15 is 0 Å². The largest absolute Gasteiger partial charge is 0.375 e. The number of methoxy groups -OCH3 is 1. The van der Waals surface area contributed by atoms with E-state index in [2.05, 4.69) is 41.4 Å². The molecule has 4 aromatic rings. The molecular weight excluding hydrogens is 422 g/mol. The summed E-state index contributed by atoms with van der Waals surface area (Å²) in [5.41, 5.74) is 4.39. The molecule has 0 saturated carbocycles. The molecule has 6 nitrogen and oxygen atoms in total. The van der Waals surface area contributed by atoms with Gasteiger partial charge in [0.2, 0.25) is 5.91 Å². The summed E-state index contributed by atoms with van der Waals surface area (Å²) < 4.78 is 6.65. The van der Waals surface area contributed by atoms with Gasteiger partial charge in [-0.2, -0.15) is 0 Å². The van der Waals surface area contributed by atoms with Crippen LogP contribution in [0, 0.1) is 0 Å². The number of amides is 1. The van der Waals surface area contributed by atoms with Crippen molar-refractivity contribution in [2.24, 2.45) is 0 Å². The van der Waals surface area contributed by atoms with Gasteiger partial charge in [-0.05, 0) is 28.7 Å². The smallest absolute Gasteiger partial charge is 0.262 e. The van der Waals surface area contributed by atoms with Gasteiger partial charge in [0.25, 0.3) is 5.56 Å². The van der Waals surface area contributed by atoms with E-state index in [9.17, 15) is 9.59 Å². The third-order valence-electron chi connectivity index (χ3n) is 5.86. The molecule has 3 heterocycles. The quantitative estimate of drug-likeness (QED) is 0.470. The van der Waals surface area contributed by atoms with E-state index < -0.39 is 0 Å². The zero-order valence-corrected chi connectivity index (χ0v) is 18.6. The first-order valence-corrected chi connectivity index (χ1v) is 11.4. The molecule has 5 rings (SSSR count). The van der Waals surface area contributed by atoms with E-state index in [-0.39, 0.29) is 18.1 Å². The van der Waals surface area contributed by atoms with Crippen LogP contribution in [0.15, 0.2) is 65.7 Å². The van der Waals surface area contributed by atoms with E-state index in [1.807, 2.05) is 18.2 Å². The first-order chi connectivity index (χ1) is 15.6. The molecule has 0 radical (unpaired) electrons. The molecule has 0 fully saturated rings. The summed E-state index contributed by atoms with van der Waals surface area (Å²) >= 11 is 1.51. The minimum absolute atomic E-state index is 0.0173. The molecule has 1 aliphatic rings. The first-order valence-electron chi connectivity index (χ1n) is 10.5. The number of carbonyl (C=O) groups is 1. The molecular formula is C25H23N3O3S. The predicted octanol–water partition coefficient (Wildman–Crippen LogP) is 3.70.